The molecule has 0 saturated carbocycles. The fraction of sp³-hybridized carbons (Fsp3) is 0.455. The van der Waals surface area contributed by atoms with Gasteiger partial charge in [-0.3, -0.25) is 0 Å². The zero-order valence-electron chi connectivity index (χ0n) is 8.45. The summed E-state index contributed by atoms with van der Waals surface area (Å²) in [7, 11) is 0. The maximum Gasteiger partial charge on any atom is 0.0318 e. The summed E-state index contributed by atoms with van der Waals surface area (Å²) < 4.78 is 0. The first-order valence-electron chi connectivity index (χ1n) is 4.54. The van der Waals surface area contributed by atoms with Crippen LogP contribution in [0.1, 0.15) is 25.5 Å². The predicted molar refractivity (Wildman–Crippen MR) is 60.0 cm³/mol. The van der Waals surface area contributed by atoms with Crippen LogP contribution < -0.4 is 5.73 Å². The van der Waals surface area contributed by atoms with E-state index < -0.39 is 0 Å². The van der Waals surface area contributed by atoms with Crippen LogP contribution in [0.4, 0.5) is 0 Å². The molecule has 0 heterocycles. The van der Waals surface area contributed by atoms with Crippen molar-refractivity contribution in [2.75, 3.05) is 6.26 Å². The van der Waals surface area contributed by atoms with E-state index in [1.165, 1.54) is 10.5 Å². The molecule has 0 unspecified atom stereocenters. The van der Waals surface area contributed by atoms with Crippen molar-refractivity contribution in [2.24, 2.45) is 11.7 Å². The Morgan fingerprint density at radius 2 is 2.00 bits per heavy atom. The van der Waals surface area contributed by atoms with Gasteiger partial charge in [0, 0.05) is 10.9 Å². The zero-order valence-corrected chi connectivity index (χ0v) is 9.27. The van der Waals surface area contributed by atoms with Gasteiger partial charge in [-0.15, -0.1) is 11.8 Å². The van der Waals surface area contributed by atoms with E-state index in [2.05, 4.69) is 44.4 Å². The van der Waals surface area contributed by atoms with Gasteiger partial charge in [0.25, 0.3) is 0 Å². The van der Waals surface area contributed by atoms with Crippen molar-refractivity contribution in [3.8, 4) is 0 Å². The minimum atomic E-state index is 0.159. The molecule has 2 N–H and O–H groups in total. The molecule has 0 fully saturated rings. The van der Waals surface area contributed by atoms with Gasteiger partial charge in [-0.05, 0) is 29.9 Å². The molecule has 13 heavy (non-hydrogen) atoms. The van der Waals surface area contributed by atoms with Gasteiger partial charge in [0.2, 0.25) is 0 Å². The highest BCUT2D eigenvalue weighted by atomic mass is 32.2. The molecule has 0 aliphatic heterocycles. The van der Waals surface area contributed by atoms with Gasteiger partial charge in [0.05, 0.1) is 0 Å². The largest absolute Gasteiger partial charge is 0.324 e. The second kappa shape index (κ2) is 4.68. The number of rotatable bonds is 3. The van der Waals surface area contributed by atoms with E-state index in [4.69, 9.17) is 5.73 Å². The molecule has 1 aromatic rings. The third-order valence-corrected chi connectivity index (χ3v) is 2.92. The lowest BCUT2D eigenvalue weighted by Gasteiger charge is -2.16. The lowest BCUT2D eigenvalue weighted by atomic mass is 9.97. The van der Waals surface area contributed by atoms with Crippen LogP contribution in [0.2, 0.25) is 0 Å². The van der Waals surface area contributed by atoms with Crippen LogP contribution in [0.25, 0.3) is 0 Å². The molecule has 0 aliphatic rings. The highest BCUT2D eigenvalue weighted by Crippen LogP contribution is 2.23. The summed E-state index contributed by atoms with van der Waals surface area (Å²) in [5.41, 5.74) is 7.29. The van der Waals surface area contributed by atoms with Crippen molar-refractivity contribution in [3.63, 3.8) is 0 Å². The van der Waals surface area contributed by atoms with Crippen LogP contribution in [-0.2, 0) is 0 Å². The fourth-order valence-electron chi connectivity index (χ4n) is 1.23. The highest BCUT2D eigenvalue weighted by molar-refractivity contribution is 7.98. The SMILES string of the molecule is CSc1cccc([C@H](N)C(C)C)c1. The lowest BCUT2D eigenvalue weighted by Crippen LogP contribution is -2.16. The topological polar surface area (TPSA) is 26.0 Å². The second-order valence-electron chi connectivity index (χ2n) is 3.55. The first kappa shape index (κ1) is 10.6. The van der Waals surface area contributed by atoms with Crippen LogP contribution in [0.15, 0.2) is 29.2 Å². The average Bonchev–Trinajstić information content (AvgIpc) is 2.16. The quantitative estimate of drug-likeness (QED) is 0.750. The van der Waals surface area contributed by atoms with Crippen molar-refractivity contribution >= 4 is 11.8 Å². The Balaban J connectivity index is 2.88. The lowest BCUT2D eigenvalue weighted by molar-refractivity contribution is 0.513. The van der Waals surface area contributed by atoms with Crippen LogP contribution in [0.5, 0.6) is 0 Å². The Morgan fingerprint density at radius 3 is 2.54 bits per heavy atom. The van der Waals surface area contributed by atoms with E-state index >= 15 is 0 Å². The smallest absolute Gasteiger partial charge is 0.0318 e. The van der Waals surface area contributed by atoms with Crippen LogP contribution in [0.3, 0.4) is 0 Å². The third-order valence-electron chi connectivity index (χ3n) is 2.20. The number of thioether (sulfide) groups is 1. The normalized spacial score (nSPS) is 13.3. The standard InChI is InChI=1S/C11H17NS/c1-8(2)11(12)9-5-4-6-10(7-9)13-3/h4-8,11H,12H2,1-3H3/t11-/m1/s1. The zero-order chi connectivity index (χ0) is 9.84. The first-order valence-corrected chi connectivity index (χ1v) is 5.77. The summed E-state index contributed by atoms with van der Waals surface area (Å²) in [6, 6.07) is 8.62. The Morgan fingerprint density at radius 1 is 1.31 bits per heavy atom. The number of nitrogens with two attached hydrogens (primary N) is 1. The monoisotopic (exact) mass is 195 g/mol. The van der Waals surface area contributed by atoms with Crippen LogP contribution in [0, 0.1) is 5.92 Å². The molecule has 1 nitrogen and oxygen atoms in total. The molecule has 2 heteroatoms. The molecule has 1 aromatic carbocycles. The molecule has 0 aromatic heterocycles. The Kier molecular flexibility index (Phi) is 3.82. The maximum atomic E-state index is 6.05. The predicted octanol–water partition coefficient (Wildman–Crippen LogP) is 3.06. The molecule has 72 valence electrons. The van der Waals surface area contributed by atoms with E-state index in [0.29, 0.717) is 5.92 Å². The average molecular weight is 195 g/mol. The van der Waals surface area contributed by atoms with Gasteiger partial charge in [-0.2, -0.15) is 0 Å². The number of hydrogen-bond donors (Lipinski definition) is 1. The van der Waals surface area contributed by atoms with E-state index in [9.17, 15) is 0 Å². The summed E-state index contributed by atoms with van der Waals surface area (Å²) in [5, 5.41) is 0. The van der Waals surface area contributed by atoms with Gasteiger partial charge < -0.3 is 5.73 Å². The Labute approximate surface area is 84.7 Å². The molecule has 0 aliphatic carbocycles. The first-order chi connectivity index (χ1) is 6.15. The molecule has 1 atom stereocenters. The van der Waals surface area contributed by atoms with Crippen molar-refractivity contribution in [3.05, 3.63) is 29.8 Å². The minimum absolute atomic E-state index is 0.159. The van der Waals surface area contributed by atoms with Crippen molar-refractivity contribution in [1.82, 2.24) is 0 Å². The maximum absolute atomic E-state index is 6.05. The molecular weight excluding hydrogens is 178 g/mol. The molecular formula is C11H17NS. The summed E-state index contributed by atoms with van der Waals surface area (Å²) in [5.74, 6) is 0.497. The molecule has 1 rings (SSSR count). The van der Waals surface area contributed by atoms with Crippen molar-refractivity contribution in [2.45, 2.75) is 24.8 Å². The molecule has 0 amide bonds. The molecule has 0 radical (unpaired) electrons. The minimum Gasteiger partial charge on any atom is -0.324 e. The molecule has 0 saturated heterocycles. The fourth-order valence-corrected chi connectivity index (χ4v) is 1.70. The highest BCUT2D eigenvalue weighted by Gasteiger charge is 2.09. The Hall–Kier alpha value is -0.470. The summed E-state index contributed by atoms with van der Waals surface area (Å²) in [4.78, 5) is 1.29. The second-order valence-corrected chi connectivity index (χ2v) is 4.43. The third kappa shape index (κ3) is 2.75. The van der Waals surface area contributed by atoms with Gasteiger partial charge in [0.1, 0.15) is 0 Å². The summed E-state index contributed by atoms with van der Waals surface area (Å²) >= 11 is 1.76. The Bertz CT molecular complexity index is 271. The summed E-state index contributed by atoms with van der Waals surface area (Å²) in [6.45, 7) is 4.30. The van der Waals surface area contributed by atoms with E-state index in [1.54, 1.807) is 11.8 Å². The molecule has 0 spiro atoms. The van der Waals surface area contributed by atoms with E-state index in [-0.39, 0.29) is 6.04 Å². The van der Waals surface area contributed by atoms with Crippen molar-refractivity contribution < 1.29 is 0 Å². The van der Waals surface area contributed by atoms with Gasteiger partial charge in [-0.25, -0.2) is 0 Å². The number of hydrogen-bond acceptors (Lipinski definition) is 2. The van der Waals surface area contributed by atoms with Crippen molar-refractivity contribution in [1.29, 1.82) is 0 Å². The van der Waals surface area contributed by atoms with Crippen LogP contribution in [-0.4, -0.2) is 6.26 Å². The van der Waals surface area contributed by atoms with Gasteiger partial charge in [0.15, 0.2) is 0 Å². The van der Waals surface area contributed by atoms with Crippen LogP contribution >= 0.6 is 11.8 Å². The number of benzene rings is 1. The van der Waals surface area contributed by atoms with E-state index in [0.717, 1.165) is 0 Å². The molecule has 0 bridgehead atoms. The van der Waals surface area contributed by atoms with Gasteiger partial charge in [-0.1, -0.05) is 26.0 Å². The van der Waals surface area contributed by atoms with E-state index in [1.807, 2.05) is 0 Å². The van der Waals surface area contributed by atoms with Gasteiger partial charge >= 0.3 is 0 Å². The summed E-state index contributed by atoms with van der Waals surface area (Å²) in [6.07, 6.45) is 2.08.